The Balaban J connectivity index is 1.94. The van der Waals surface area contributed by atoms with E-state index in [1.54, 1.807) is 0 Å². The maximum Gasteiger partial charge on any atom is 0.417 e. The number of rotatable bonds is 7. The zero-order valence-electron chi connectivity index (χ0n) is 16.3. The molecule has 0 aliphatic carbocycles. The van der Waals surface area contributed by atoms with Crippen molar-refractivity contribution in [2.24, 2.45) is 5.92 Å². The number of piperidine rings is 1. The fourth-order valence-corrected chi connectivity index (χ4v) is 4.79. The van der Waals surface area contributed by atoms with Crippen molar-refractivity contribution in [2.75, 3.05) is 26.2 Å². The molecule has 12 heteroatoms. The minimum absolute atomic E-state index is 0.0208. The van der Waals surface area contributed by atoms with E-state index < -0.39 is 37.6 Å². The molecule has 1 saturated heterocycles. The van der Waals surface area contributed by atoms with Gasteiger partial charge in [0.2, 0.25) is 21.8 Å². The zero-order valence-corrected chi connectivity index (χ0v) is 17.9. The lowest BCUT2D eigenvalue weighted by Crippen LogP contribution is -2.43. The minimum atomic E-state index is -4.79. The molecule has 170 valence electrons. The summed E-state index contributed by atoms with van der Waals surface area (Å²) in [6.45, 7) is 0.163. The summed E-state index contributed by atoms with van der Waals surface area (Å²) >= 11 is 5.55. The van der Waals surface area contributed by atoms with Crippen molar-refractivity contribution in [3.8, 4) is 12.3 Å². The Morgan fingerprint density at radius 2 is 1.87 bits per heavy atom. The Hall–Kier alpha value is -2.29. The third-order valence-electron chi connectivity index (χ3n) is 4.74. The van der Waals surface area contributed by atoms with Gasteiger partial charge in [-0.2, -0.15) is 17.5 Å². The first-order valence-corrected chi connectivity index (χ1v) is 11.1. The van der Waals surface area contributed by atoms with Crippen LogP contribution in [0.3, 0.4) is 0 Å². The van der Waals surface area contributed by atoms with Crippen LogP contribution < -0.4 is 10.6 Å². The van der Waals surface area contributed by atoms with E-state index >= 15 is 0 Å². The van der Waals surface area contributed by atoms with E-state index in [4.69, 9.17) is 18.0 Å². The highest BCUT2D eigenvalue weighted by Gasteiger charge is 2.37. The average molecular weight is 480 g/mol. The lowest BCUT2D eigenvalue weighted by atomic mass is 9.97. The Kier molecular flexibility index (Phi) is 8.34. The van der Waals surface area contributed by atoms with Crippen molar-refractivity contribution in [3.05, 3.63) is 28.8 Å². The van der Waals surface area contributed by atoms with Crippen LogP contribution in [0.2, 0.25) is 5.02 Å². The van der Waals surface area contributed by atoms with E-state index in [0.29, 0.717) is 6.07 Å². The summed E-state index contributed by atoms with van der Waals surface area (Å²) in [6.07, 6.45) is 0.699. The SMILES string of the molecule is C#CCNC(=O)CCNC(=O)C1CCN(S(=O)(=O)c2ccc(Cl)c(C(F)(F)F)c2)CC1. The molecule has 0 saturated carbocycles. The highest BCUT2D eigenvalue weighted by atomic mass is 35.5. The van der Waals surface area contributed by atoms with Gasteiger partial charge in [-0.3, -0.25) is 9.59 Å². The number of amides is 2. The summed E-state index contributed by atoms with van der Waals surface area (Å²) in [5.41, 5.74) is -1.23. The van der Waals surface area contributed by atoms with Crippen LogP contribution in [0.4, 0.5) is 13.2 Å². The van der Waals surface area contributed by atoms with Gasteiger partial charge in [0.1, 0.15) is 0 Å². The van der Waals surface area contributed by atoms with Crippen LogP contribution in [-0.2, 0) is 25.8 Å². The second-order valence-corrected chi connectivity index (χ2v) is 9.18. The predicted molar refractivity (Wildman–Crippen MR) is 107 cm³/mol. The molecule has 1 fully saturated rings. The molecule has 1 aliphatic heterocycles. The number of nitrogens with zero attached hydrogens (tertiary/aromatic N) is 1. The number of terminal acetylenes is 1. The average Bonchev–Trinajstić information content (AvgIpc) is 2.71. The molecule has 1 aliphatic rings. The number of nitrogens with one attached hydrogen (secondary N) is 2. The lowest BCUT2D eigenvalue weighted by Gasteiger charge is -2.30. The van der Waals surface area contributed by atoms with Crippen molar-refractivity contribution in [3.63, 3.8) is 0 Å². The monoisotopic (exact) mass is 479 g/mol. The number of hydrogen-bond donors (Lipinski definition) is 2. The maximum absolute atomic E-state index is 13.0. The summed E-state index contributed by atoms with van der Waals surface area (Å²) in [7, 11) is -4.17. The molecular formula is C19H21ClF3N3O4S. The fourth-order valence-electron chi connectivity index (χ4n) is 3.07. The second kappa shape index (κ2) is 10.3. The lowest BCUT2D eigenvalue weighted by molar-refractivity contribution is -0.137. The molecule has 0 radical (unpaired) electrons. The van der Waals surface area contributed by atoms with Crippen molar-refractivity contribution in [2.45, 2.75) is 30.3 Å². The van der Waals surface area contributed by atoms with E-state index in [1.165, 1.54) is 0 Å². The Labute approximate surface area is 183 Å². The van der Waals surface area contributed by atoms with Gasteiger partial charge in [0.15, 0.2) is 0 Å². The van der Waals surface area contributed by atoms with Crippen molar-refractivity contribution >= 4 is 33.4 Å². The highest BCUT2D eigenvalue weighted by Crippen LogP contribution is 2.36. The van der Waals surface area contributed by atoms with Crippen LogP contribution in [0.15, 0.2) is 23.1 Å². The Morgan fingerprint density at radius 1 is 1.23 bits per heavy atom. The topological polar surface area (TPSA) is 95.6 Å². The molecular weight excluding hydrogens is 459 g/mol. The van der Waals surface area contributed by atoms with Gasteiger partial charge in [-0.05, 0) is 31.0 Å². The van der Waals surface area contributed by atoms with E-state index in [9.17, 15) is 31.2 Å². The molecule has 0 bridgehead atoms. The van der Waals surface area contributed by atoms with Crippen LogP contribution in [0.5, 0.6) is 0 Å². The van der Waals surface area contributed by atoms with Crippen LogP contribution in [0, 0.1) is 18.3 Å². The predicted octanol–water partition coefficient (Wildman–Crippen LogP) is 2.02. The molecule has 2 rings (SSSR count). The maximum atomic E-state index is 13.0. The number of carbonyl (C=O) groups is 2. The second-order valence-electron chi connectivity index (χ2n) is 6.84. The van der Waals surface area contributed by atoms with Gasteiger partial charge in [-0.25, -0.2) is 8.42 Å². The van der Waals surface area contributed by atoms with Crippen molar-refractivity contribution < 1.29 is 31.2 Å². The van der Waals surface area contributed by atoms with Gasteiger partial charge in [0, 0.05) is 32.0 Å². The van der Waals surface area contributed by atoms with Gasteiger partial charge >= 0.3 is 6.18 Å². The Bertz CT molecular complexity index is 969. The summed E-state index contributed by atoms with van der Waals surface area (Å²) in [6, 6.07) is 2.44. The number of benzene rings is 1. The number of hydrogen-bond acceptors (Lipinski definition) is 4. The quantitative estimate of drug-likeness (QED) is 0.585. The van der Waals surface area contributed by atoms with Crippen molar-refractivity contribution in [1.29, 1.82) is 0 Å². The van der Waals surface area contributed by atoms with Crippen LogP contribution in [-0.4, -0.2) is 50.7 Å². The number of carbonyl (C=O) groups excluding carboxylic acids is 2. The normalized spacial score (nSPS) is 15.8. The van der Waals surface area contributed by atoms with Crippen molar-refractivity contribution in [1.82, 2.24) is 14.9 Å². The van der Waals surface area contributed by atoms with Gasteiger partial charge in [-0.1, -0.05) is 17.5 Å². The zero-order chi connectivity index (χ0) is 23.2. The Morgan fingerprint density at radius 3 is 2.45 bits per heavy atom. The van der Waals surface area contributed by atoms with E-state index in [2.05, 4.69) is 16.6 Å². The van der Waals surface area contributed by atoms with E-state index in [1.807, 2.05) is 0 Å². The molecule has 7 nitrogen and oxygen atoms in total. The molecule has 2 amide bonds. The van der Waals surface area contributed by atoms with Gasteiger partial charge < -0.3 is 10.6 Å². The van der Waals surface area contributed by atoms with Crippen LogP contribution in [0.1, 0.15) is 24.8 Å². The number of halogens is 4. The molecule has 2 N–H and O–H groups in total. The molecule has 1 aromatic carbocycles. The largest absolute Gasteiger partial charge is 0.417 e. The summed E-state index contributed by atoms with van der Waals surface area (Å²) in [5, 5.41) is 4.49. The first kappa shape index (κ1) is 25.0. The van der Waals surface area contributed by atoms with E-state index in [-0.39, 0.29) is 57.3 Å². The van der Waals surface area contributed by atoms with Gasteiger partial charge in [0.05, 0.1) is 22.0 Å². The smallest absolute Gasteiger partial charge is 0.355 e. The third-order valence-corrected chi connectivity index (χ3v) is 6.97. The van der Waals surface area contributed by atoms with Crippen LogP contribution >= 0.6 is 11.6 Å². The summed E-state index contributed by atoms with van der Waals surface area (Å²) in [4.78, 5) is 23.2. The molecule has 0 unspecified atom stereocenters. The first-order valence-electron chi connectivity index (χ1n) is 9.31. The number of alkyl halides is 3. The van der Waals surface area contributed by atoms with Gasteiger partial charge in [0.25, 0.3) is 0 Å². The van der Waals surface area contributed by atoms with E-state index in [0.717, 1.165) is 16.4 Å². The summed E-state index contributed by atoms with van der Waals surface area (Å²) in [5.74, 6) is 1.18. The van der Waals surface area contributed by atoms with Crippen LogP contribution in [0.25, 0.3) is 0 Å². The minimum Gasteiger partial charge on any atom is -0.355 e. The molecule has 0 aromatic heterocycles. The number of sulfonamides is 1. The first-order chi connectivity index (χ1) is 14.5. The molecule has 31 heavy (non-hydrogen) atoms. The molecule has 0 spiro atoms. The molecule has 0 atom stereocenters. The fraction of sp³-hybridized carbons (Fsp3) is 0.474. The standard InChI is InChI=1S/C19H21ClF3N3O4S/c1-2-8-24-17(27)5-9-25-18(28)13-6-10-26(11-7-13)31(29,30)14-3-4-16(20)15(12-14)19(21,22)23/h1,3-4,12-13H,5-11H2,(H,24,27)(H,25,28). The third kappa shape index (κ3) is 6.59. The highest BCUT2D eigenvalue weighted by molar-refractivity contribution is 7.89. The molecule has 1 aromatic rings. The summed E-state index contributed by atoms with van der Waals surface area (Å²) < 4.78 is 65.7. The molecule has 1 heterocycles. The van der Waals surface area contributed by atoms with Gasteiger partial charge in [-0.15, -0.1) is 6.42 Å².